The van der Waals surface area contributed by atoms with Crippen molar-refractivity contribution >= 4 is 16.9 Å². The van der Waals surface area contributed by atoms with Crippen LogP contribution in [0.1, 0.15) is 27.2 Å². The zero-order chi connectivity index (χ0) is 18.7. The molecular weight excluding hydrogens is 347 g/mol. The number of furan rings is 1. The van der Waals surface area contributed by atoms with E-state index in [1.54, 1.807) is 12.1 Å². The van der Waals surface area contributed by atoms with E-state index in [0.717, 1.165) is 17.5 Å². The molecule has 1 aromatic heterocycles. The van der Waals surface area contributed by atoms with Crippen molar-refractivity contribution in [2.75, 3.05) is 7.11 Å². The van der Waals surface area contributed by atoms with Crippen molar-refractivity contribution in [3.63, 3.8) is 0 Å². The number of para-hydroxylation sites is 1. The summed E-state index contributed by atoms with van der Waals surface area (Å²) in [5.74, 6) is -0.411. The van der Waals surface area contributed by atoms with Gasteiger partial charge >= 0.3 is 6.18 Å². The van der Waals surface area contributed by atoms with Crippen molar-refractivity contribution in [2.45, 2.75) is 19.3 Å². The molecule has 0 spiro atoms. The third-order valence-corrected chi connectivity index (χ3v) is 3.90. The minimum absolute atomic E-state index is 0.0494. The van der Waals surface area contributed by atoms with Gasteiger partial charge in [-0.3, -0.25) is 4.79 Å². The van der Waals surface area contributed by atoms with Crippen LogP contribution in [-0.4, -0.2) is 13.0 Å². The Morgan fingerprint density at radius 1 is 1.15 bits per heavy atom. The summed E-state index contributed by atoms with van der Waals surface area (Å²) in [5.41, 5.74) is 0.735. The fourth-order valence-electron chi connectivity index (χ4n) is 2.69. The number of halogens is 3. The lowest BCUT2D eigenvalue weighted by Crippen LogP contribution is -2.23. The summed E-state index contributed by atoms with van der Waals surface area (Å²) in [6, 6.07) is 12.0. The first-order chi connectivity index (χ1) is 12.4. The van der Waals surface area contributed by atoms with Crippen LogP contribution in [0.3, 0.4) is 0 Å². The van der Waals surface area contributed by atoms with Gasteiger partial charge < -0.3 is 14.5 Å². The van der Waals surface area contributed by atoms with Gasteiger partial charge in [0.2, 0.25) is 0 Å². The van der Waals surface area contributed by atoms with E-state index >= 15 is 0 Å². The molecule has 0 aliphatic carbocycles. The highest BCUT2D eigenvalue weighted by atomic mass is 19.4. The summed E-state index contributed by atoms with van der Waals surface area (Å²) in [7, 11) is 1.51. The number of nitrogens with one attached hydrogen (secondary N) is 1. The average molecular weight is 363 g/mol. The van der Waals surface area contributed by atoms with Crippen molar-refractivity contribution in [3.8, 4) is 0 Å². The molecule has 0 aliphatic rings. The number of hydrogen-bond donors (Lipinski definition) is 1. The van der Waals surface area contributed by atoms with Gasteiger partial charge in [-0.25, -0.2) is 0 Å². The van der Waals surface area contributed by atoms with E-state index in [1.165, 1.54) is 19.2 Å². The number of amides is 1. The molecule has 3 aromatic rings. The van der Waals surface area contributed by atoms with Crippen LogP contribution >= 0.6 is 0 Å². The van der Waals surface area contributed by atoms with E-state index in [9.17, 15) is 18.0 Å². The highest BCUT2D eigenvalue weighted by Crippen LogP contribution is 2.30. The summed E-state index contributed by atoms with van der Waals surface area (Å²) < 4.78 is 49.1. The van der Waals surface area contributed by atoms with Crippen LogP contribution in [0.5, 0.6) is 0 Å². The number of methoxy groups -OCH3 is 1. The Kier molecular flexibility index (Phi) is 4.99. The molecule has 26 heavy (non-hydrogen) atoms. The highest BCUT2D eigenvalue weighted by molar-refractivity contribution is 5.99. The summed E-state index contributed by atoms with van der Waals surface area (Å²) in [6.45, 7) is 0.134. The van der Waals surface area contributed by atoms with Crippen LogP contribution in [0, 0.1) is 0 Å². The van der Waals surface area contributed by atoms with Crippen LogP contribution in [0.4, 0.5) is 13.2 Å². The van der Waals surface area contributed by atoms with Gasteiger partial charge in [0.1, 0.15) is 5.58 Å². The predicted octanol–water partition coefficient (Wildman–Crippen LogP) is 4.53. The van der Waals surface area contributed by atoms with Crippen LogP contribution in [-0.2, 0) is 24.1 Å². The van der Waals surface area contributed by atoms with Crippen LogP contribution in [0.2, 0.25) is 0 Å². The number of hydrogen-bond acceptors (Lipinski definition) is 3. The maximum Gasteiger partial charge on any atom is 0.416 e. The second-order valence-corrected chi connectivity index (χ2v) is 5.72. The Morgan fingerprint density at radius 3 is 2.65 bits per heavy atom. The maximum atomic E-state index is 12.8. The molecule has 7 heteroatoms. The fraction of sp³-hybridized carbons (Fsp3) is 0.211. The molecule has 0 radical (unpaired) electrons. The summed E-state index contributed by atoms with van der Waals surface area (Å²) in [6.07, 6.45) is -4.43. The minimum Gasteiger partial charge on any atom is -0.451 e. The van der Waals surface area contributed by atoms with Crippen molar-refractivity contribution < 1.29 is 27.1 Å². The molecule has 0 unspecified atom stereocenters. The molecular formula is C19H16F3NO3. The van der Waals surface area contributed by atoms with Gasteiger partial charge in [-0.15, -0.1) is 0 Å². The van der Waals surface area contributed by atoms with Crippen LogP contribution < -0.4 is 5.32 Å². The number of ether oxygens (including phenoxy) is 1. The number of carbonyl (C=O) groups excluding carboxylic acids is 1. The lowest BCUT2D eigenvalue weighted by Gasteiger charge is -2.09. The van der Waals surface area contributed by atoms with Crippen LogP contribution in [0.25, 0.3) is 11.0 Å². The molecule has 2 aromatic carbocycles. The van der Waals surface area contributed by atoms with Crippen molar-refractivity contribution in [1.29, 1.82) is 0 Å². The smallest absolute Gasteiger partial charge is 0.416 e. The largest absolute Gasteiger partial charge is 0.451 e. The second-order valence-electron chi connectivity index (χ2n) is 5.72. The first-order valence-electron chi connectivity index (χ1n) is 7.84. The Bertz CT molecular complexity index is 931. The molecule has 1 N–H and O–H groups in total. The second kappa shape index (κ2) is 7.21. The average Bonchev–Trinajstić information content (AvgIpc) is 2.98. The zero-order valence-corrected chi connectivity index (χ0v) is 13.9. The molecule has 0 atom stereocenters. The minimum atomic E-state index is -4.43. The topological polar surface area (TPSA) is 51.5 Å². The van der Waals surface area contributed by atoms with E-state index in [0.29, 0.717) is 16.7 Å². The molecule has 3 rings (SSSR count). The molecule has 136 valence electrons. The van der Waals surface area contributed by atoms with E-state index < -0.39 is 17.6 Å². The lowest BCUT2D eigenvalue weighted by atomic mass is 10.1. The third-order valence-electron chi connectivity index (χ3n) is 3.90. The maximum absolute atomic E-state index is 12.8. The van der Waals surface area contributed by atoms with Gasteiger partial charge in [-0.1, -0.05) is 30.3 Å². The summed E-state index contributed by atoms with van der Waals surface area (Å²) >= 11 is 0. The van der Waals surface area contributed by atoms with Gasteiger partial charge in [0.15, 0.2) is 5.76 Å². The zero-order valence-electron chi connectivity index (χ0n) is 13.9. The van der Waals surface area contributed by atoms with Crippen molar-refractivity contribution in [3.05, 3.63) is 71.0 Å². The summed E-state index contributed by atoms with van der Waals surface area (Å²) in [5, 5.41) is 3.36. The Labute approximate surface area is 147 Å². The first-order valence-corrected chi connectivity index (χ1v) is 7.84. The number of benzene rings is 2. The van der Waals surface area contributed by atoms with E-state index in [4.69, 9.17) is 9.15 Å². The Morgan fingerprint density at radius 2 is 1.92 bits per heavy atom. The SMILES string of the molecule is COCc1c(C(=O)NCc2cccc(C(F)(F)F)c2)oc2ccccc12. The molecule has 4 nitrogen and oxygen atoms in total. The quantitative estimate of drug-likeness (QED) is 0.725. The Hall–Kier alpha value is -2.80. The first kappa shape index (κ1) is 18.0. The molecule has 0 fully saturated rings. The fourth-order valence-corrected chi connectivity index (χ4v) is 2.69. The standard InChI is InChI=1S/C19H16F3NO3/c1-25-11-15-14-7-2-3-8-16(14)26-17(15)18(24)23-10-12-5-4-6-13(9-12)19(20,21)22/h2-9H,10-11H2,1H3,(H,23,24). The van der Waals surface area contributed by atoms with Gasteiger partial charge in [-0.2, -0.15) is 13.2 Å². The number of carbonyl (C=O) groups is 1. The normalized spacial score (nSPS) is 11.7. The highest BCUT2D eigenvalue weighted by Gasteiger charge is 2.30. The van der Waals surface area contributed by atoms with Gasteiger partial charge in [0, 0.05) is 24.6 Å². The molecule has 1 heterocycles. The third kappa shape index (κ3) is 3.72. The number of fused-ring (bicyclic) bond motifs is 1. The molecule has 0 saturated heterocycles. The predicted molar refractivity (Wildman–Crippen MR) is 89.5 cm³/mol. The monoisotopic (exact) mass is 363 g/mol. The van der Waals surface area contributed by atoms with Gasteiger partial charge in [0.05, 0.1) is 12.2 Å². The van der Waals surface area contributed by atoms with E-state index in [1.807, 2.05) is 12.1 Å². The molecule has 0 aliphatic heterocycles. The van der Waals surface area contributed by atoms with E-state index in [-0.39, 0.29) is 18.9 Å². The Balaban J connectivity index is 1.81. The van der Waals surface area contributed by atoms with Gasteiger partial charge in [0.25, 0.3) is 5.91 Å². The van der Waals surface area contributed by atoms with Crippen molar-refractivity contribution in [1.82, 2.24) is 5.32 Å². The number of rotatable bonds is 5. The molecule has 1 amide bonds. The molecule has 0 bridgehead atoms. The van der Waals surface area contributed by atoms with Gasteiger partial charge in [-0.05, 0) is 23.8 Å². The van der Waals surface area contributed by atoms with Crippen LogP contribution in [0.15, 0.2) is 52.9 Å². The molecule has 0 saturated carbocycles. The van der Waals surface area contributed by atoms with E-state index in [2.05, 4.69) is 5.32 Å². The summed E-state index contributed by atoms with van der Waals surface area (Å²) in [4.78, 5) is 12.5. The number of alkyl halides is 3. The van der Waals surface area contributed by atoms with Crippen molar-refractivity contribution in [2.24, 2.45) is 0 Å². The lowest BCUT2D eigenvalue weighted by molar-refractivity contribution is -0.137.